The second-order valence-corrected chi connectivity index (χ2v) is 10.5. The molecule has 0 aliphatic carbocycles. The lowest BCUT2D eigenvalue weighted by Gasteiger charge is -2.26. The summed E-state index contributed by atoms with van der Waals surface area (Å²) in [6.07, 6.45) is 0. The molecule has 2 aliphatic rings. The van der Waals surface area contributed by atoms with Crippen molar-refractivity contribution in [2.45, 2.75) is 10.9 Å². The number of rotatable bonds is 7. The molecule has 9 nitrogen and oxygen atoms in total. The van der Waals surface area contributed by atoms with Gasteiger partial charge in [0, 0.05) is 37.3 Å². The van der Waals surface area contributed by atoms with Crippen molar-refractivity contribution in [1.82, 2.24) is 9.21 Å². The quantitative estimate of drug-likeness (QED) is 0.339. The van der Waals surface area contributed by atoms with Crippen LogP contribution in [0.15, 0.2) is 59.0 Å². The lowest BCUT2D eigenvalue weighted by Crippen LogP contribution is -2.40. The Balaban J connectivity index is 1.74. The van der Waals surface area contributed by atoms with Gasteiger partial charge in [0.15, 0.2) is 0 Å². The lowest BCUT2D eigenvalue weighted by atomic mass is 9.95. The summed E-state index contributed by atoms with van der Waals surface area (Å²) in [7, 11) is -2.24. The average Bonchev–Trinajstić information content (AvgIpc) is 3.12. The minimum Gasteiger partial charge on any atom is -0.507 e. The fraction of sp³-hybridized carbons (Fsp3) is 0.333. The number of aliphatic hydroxyl groups excluding tert-OH is 1. The van der Waals surface area contributed by atoms with E-state index in [2.05, 4.69) is 0 Å². The molecule has 2 heterocycles. The summed E-state index contributed by atoms with van der Waals surface area (Å²) in [6, 6.07) is 11.4. The van der Waals surface area contributed by atoms with Crippen molar-refractivity contribution in [2.75, 3.05) is 46.6 Å². The van der Waals surface area contributed by atoms with Crippen LogP contribution < -0.4 is 0 Å². The number of hydrogen-bond donors (Lipinski definition) is 1. The largest absolute Gasteiger partial charge is 0.507 e. The Bertz CT molecular complexity index is 1250. The Morgan fingerprint density at radius 1 is 1.14 bits per heavy atom. The molecule has 2 aliphatic heterocycles. The van der Waals surface area contributed by atoms with Crippen LogP contribution in [-0.4, -0.2) is 81.0 Å². The van der Waals surface area contributed by atoms with Gasteiger partial charge >= 0.3 is 0 Å². The van der Waals surface area contributed by atoms with Crippen LogP contribution in [0.3, 0.4) is 0 Å². The summed E-state index contributed by atoms with van der Waals surface area (Å²) in [5.74, 6) is -2.00. The SMILES string of the molecule is COCCN1C(=O)C(=O)C(=C(O)c2ccc(S(=O)(=O)N3CCOCC3)cc2)[C@@H]1c1cccc(Cl)c1. The molecule has 1 N–H and O–H groups in total. The molecule has 0 spiro atoms. The Morgan fingerprint density at radius 3 is 2.46 bits per heavy atom. The van der Waals surface area contributed by atoms with Crippen molar-refractivity contribution in [3.63, 3.8) is 0 Å². The van der Waals surface area contributed by atoms with Crippen LogP contribution in [-0.2, 0) is 29.1 Å². The summed E-state index contributed by atoms with van der Waals surface area (Å²) in [6.45, 7) is 1.49. The first-order valence-electron chi connectivity index (χ1n) is 11.0. The highest BCUT2D eigenvalue weighted by Crippen LogP contribution is 2.40. The van der Waals surface area contributed by atoms with Crippen LogP contribution in [0.4, 0.5) is 0 Å². The predicted octanol–water partition coefficient (Wildman–Crippen LogP) is 2.43. The van der Waals surface area contributed by atoms with Crippen LogP contribution in [0.2, 0.25) is 5.02 Å². The number of methoxy groups -OCH3 is 1. The van der Waals surface area contributed by atoms with Gasteiger partial charge in [0.25, 0.3) is 11.7 Å². The van der Waals surface area contributed by atoms with Crippen LogP contribution in [0, 0.1) is 0 Å². The first-order chi connectivity index (χ1) is 16.8. The zero-order valence-electron chi connectivity index (χ0n) is 19.0. The number of halogens is 1. The maximum atomic E-state index is 13.0. The predicted molar refractivity (Wildman–Crippen MR) is 128 cm³/mol. The molecule has 4 rings (SSSR count). The smallest absolute Gasteiger partial charge is 0.295 e. The highest BCUT2D eigenvalue weighted by atomic mass is 35.5. The van der Waals surface area contributed by atoms with E-state index in [0.29, 0.717) is 23.8 Å². The number of hydrogen-bond acceptors (Lipinski definition) is 7. The number of sulfonamides is 1. The Morgan fingerprint density at radius 2 is 1.83 bits per heavy atom. The van der Waals surface area contributed by atoms with Crippen LogP contribution in [0.1, 0.15) is 17.2 Å². The summed E-state index contributed by atoms with van der Waals surface area (Å²) >= 11 is 6.16. The van der Waals surface area contributed by atoms with Gasteiger partial charge in [-0.3, -0.25) is 9.59 Å². The van der Waals surface area contributed by atoms with Gasteiger partial charge in [-0.1, -0.05) is 23.7 Å². The first-order valence-corrected chi connectivity index (χ1v) is 12.8. The average molecular weight is 521 g/mol. The molecule has 0 aromatic heterocycles. The van der Waals surface area contributed by atoms with Gasteiger partial charge in [0.1, 0.15) is 5.76 Å². The number of likely N-dealkylation sites (tertiary alicyclic amines) is 1. The molecule has 0 saturated carbocycles. The van der Waals surface area contributed by atoms with Crippen molar-refractivity contribution in [3.05, 3.63) is 70.3 Å². The summed E-state index contributed by atoms with van der Waals surface area (Å²) in [5, 5.41) is 11.5. The third-order valence-corrected chi connectivity index (χ3v) is 8.12. The molecule has 0 bridgehead atoms. The number of amides is 1. The Hall–Kier alpha value is -2.76. The number of carbonyl (C=O) groups is 2. The van der Waals surface area contributed by atoms with Crippen LogP contribution in [0.5, 0.6) is 0 Å². The molecule has 2 aromatic carbocycles. The molecule has 1 atom stereocenters. The summed E-state index contributed by atoms with van der Waals surface area (Å²) in [4.78, 5) is 27.2. The normalized spacial score (nSPS) is 21.0. The number of ketones is 1. The summed E-state index contributed by atoms with van der Waals surface area (Å²) in [5.41, 5.74) is 0.667. The van der Waals surface area contributed by atoms with Gasteiger partial charge in [-0.25, -0.2) is 8.42 Å². The molecule has 2 fully saturated rings. The van der Waals surface area contributed by atoms with Gasteiger partial charge in [0.2, 0.25) is 10.0 Å². The molecule has 186 valence electrons. The fourth-order valence-electron chi connectivity index (χ4n) is 4.20. The van der Waals surface area contributed by atoms with E-state index in [4.69, 9.17) is 21.1 Å². The van der Waals surface area contributed by atoms with E-state index in [0.717, 1.165) is 0 Å². The molecule has 0 unspecified atom stereocenters. The van der Waals surface area contributed by atoms with Crippen molar-refractivity contribution in [1.29, 1.82) is 0 Å². The van der Waals surface area contributed by atoms with E-state index in [-0.39, 0.29) is 42.3 Å². The molecular formula is C24H25ClN2O7S. The van der Waals surface area contributed by atoms with Crippen molar-refractivity contribution < 1.29 is 32.6 Å². The number of carbonyl (C=O) groups excluding carboxylic acids is 2. The standard InChI is InChI=1S/C24H25ClN2O7S/c1-33-12-11-27-21(17-3-2-4-18(25)15-17)20(23(29)24(27)30)22(28)16-5-7-19(8-6-16)35(31,32)26-9-13-34-14-10-26/h2-8,15,21,28H,9-14H2,1H3/t21-/m0/s1. The third-order valence-electron chi connectivity index (χ3n) is 5.98. The molecule has 0 radical (unpaired) electrons. The molecule has 2 aromatic rings. The van der Waals surface area contributed by atoms with Gasteiger partial charge in [-0.15, -0.1) is 0 Å². The number of nitrogens with zero attached hydrogens (tertiary/aromatic N) is 2. The Labute approximate surface area is 208 Å². The fourth-order valence-corrected chi connectivity index (χ4v) is 5.81. The van der Waals surface area contributed by atoms with E-state index in [9.17, 15) is 23.1 Å². The first kappa shape index (κ1) is 25.3. The van der Waals surface area contributed by atoms with E-state index < -0.39 is 33.5 Å². The molecule has 2 saturated heterocycles. The van der Waals surface area contributed by atoms with E-state index in [1.165, 1.54) is 40.6 Å². The van der Waals surface area contributed by atoms with E-state index >= 15 is 0 Å². The van der Waals surface area contributed by atoms with Gasteiger partial charge < -0.3 is 19.5 Å². The highest BCUT2D eigenvalue weighted by molar-refractivity contribution is 7.89. The number of ether oxygens (including phenoxy) is 2. The molecule has 35 heavy (non-hydrogen) atoms. The van der Waals surface area contributed by atoms with Gasteiger partial charge in [-0.2, -0.15) is 4.31 Å². The minimum absolute atomic E-state index is 0.0582. The van der Waals surface area contributed by atoms with Crippen LogP contribution in [0.25, 0.3) is 5.76 Å². The van der Waals surface area contributed by atoms with Gasteiger partial charge in [-0.05, 0) is 42.0 Å². The molecule has 1 amide bonds. The molecule has 11 heteroatoms. The maximum absolute atomic E-state index is 13.0. The monoisotopic (exact) mass is 520 g/mol. The highest BCUT2D eigenvalue weighted by Gasteiger charge is 2.46. The second-order valence-electron chi connectivity index (χ2n) is 8.08. The zero-order chi connectivity index (χ0) is 25.2. The topological polar surface area (TPSA) is 113 Å². The van der Waals surface area contributed by atoms with Crippen LogP contribution >= 0.6 is 11.6 Å². The number of benzene rings is 2. The number of morpholine rings is 1. The van der Waals surface area contributed by atoms with Crippen molar-refractivity contribution in [3.8, 4) is 0 Å². The van der Waals surface area contributed by atoms with Crippen molar-refractivity contribution in [2.24, 2.45) is 0 Å². The molecular weight excluding hydrogens is 496 g/mol. The third kappa shape index (κ3) is 4.98. The number of aliphatic hydroxyl groups is 1. The lowest BCUT2D eigenvalue weighted by molar-refractivity contribution is -0.140. The second kappa shape index (κ2) is 10.5. The van der Waals surface area contributed by atoms with Crippen molar-refractivity contribution >= 4 is 39.1 Å². The number of Topliss-reactive ketones (excluding diaryl/α,β-unsaturated/α-hetero) is 1. The van der Waals surface area contributed by atoms with Gasteiger partial charge in [0.05, 0.1) is 36.3 Å². The van der Waals surface area contributed by atoms with E-state index in [1.807, 2.05) is 0 Å². The summed E-state index contributed by atoms with van der Waals surface area (Å²) < 4.78 is 37.4. The maximum Gasteiger partial charge on any atom is 0.295 e. The zero-order valence-corrected chi connectivity index (χ0v) is 20.6. The minimum atomic E-state index is -3.72. The van der Waals surface area contributed by atoms with E-state index in [1.54, 1.807) is 24.3 Å². The Kier molecular flexibility index (Phi) is 7.58.